The van der Waals surface area contributed by atoms with Crippen LogP contribution in [0.25, 0.3) is 0 Å². The first-order valence-electron chi connectivity index (χ1n) is 3.11. The molecule has 5 N–H and O–H groups in total. The molecule has 1 aromatic carbocycles. The lowest BCUT2D eigenvalue weighted by atomic mass is 10.2. The van der Waals surface area contributed by atoms with Crippen molar-refractivity contribution in [2.24, 2.45) is 0 Å². The molecule has 0 fully saturated rings. The summed E-state index contributed by atoms with van der Waals surface area (Å²) in [6, 6.07) is 6.61. The Morgan fingerprint density at radius 2 is 2.09 bits per heavy atom. The van der Waals surface area contributed by atoms with E-state index in [1.807, 2.05) is 0 Å². The SMILES string of the molecule is [NH3+]Nc1ccccc1C(=O)O. The van der Waals surface area contributed by atoms with E-state index in [2.05, 4.69) is 11.3 Å². The van der Waals surface area contributed by atoms with E-state index in [0.717, 1.165) is 0 Å². The Bertz CT molecular complexity index is 273. The minimum absolute atomic E-state index is 0.238. The van der Waals surface area contributed by atoms with Crippen LogP contribution in [0.2, 0.25) is 0 Å². The summed E-state index contributed by atoms with van der Waals surface area (Å²) in [5.74, 6) is 2.44. The molecule has 0 bridgehead atoms. The van der Waals surface area contributed by atoms with E-state index in [-0.39, 0.29) is 5.56 Å². The van der Waals surface area contributed by atoms with E-state index < -0.39 is 5.97 Å². The van der Waals surface area contributed by atoms with Crippen LogP contribution in [0.15, 0.2) is 24.3 Å². The summed E-state index contributed by atoms with van der Waals surface area (Å²) < 4.78 is 0. The Hall–Kier alpha value is -1.55. The van der Waals surface area contributed by atoms with Gasteiger partial charge in [0.15, 0.2) is 0 Å². The topological polar surface area (TPSA) is 77.0 Å². The molecule has 0 unspecified atom stereocenters. The molecular formula is C7H9N2O2+. The molecule has 0 heterocycles. The molecule has 0 atom stereocenters. The molecule has 0 amide bonds. The third kappa shape index (κ3) is 1.47. The summed E-state index contributed by atoms with van der Waals surface area (Å²) in [4.78, 5) is 10.5. The molecule has 0 saturated carbocycles. The number of quaternary nitrogens is 1. The zero-order valence-electron chi connectivity index (χ0n) is 5.87. The first-order valence-corrected chi connectivity index (χ1v) is 3.11. The number of carboxylic acids is 1. The largest absolute Gasteiger partial charge is 0.478 e. The van der Waals surface area contributed by atoms with E-state index in [4.69, 9.17) is 5.11 Å². The molecule has 1 aromatic rings. The molecule has 4 nitrogen and oxygen atoms in total. The molecule has 1 rings (SSSR count). The number of hydrogen-bond donors (Lipinski definition) is 3. The predicted molar refractivity (Wildman–Crippen MR) is 39.9 cm³/mol. The number of carboxylic acid groups (broad SMARTS) is 1. The molecule has 0 spiro atoms. The maximum Gasteiger partial charge on any atom is 0.338 e. The van der Waals surface area contributed by atoms with Gasteiger partial charge in [-0.2, -0.15) is 0 Å². The quantitative estimate of drug-likeness (QED) is 0.521. The van der Waals surface area contributed by atoms with Crippen LogP contribution in [-0.4, -0.2) is 11.1 Å². The second-order valence-corrected chi connectivity index (χ2v) is 2.03. The van der Waals surface area contributed by atoms with Gasteiger partial charge in [-0.1, -0.05) is 12.1 Å². The fourth-order valence-corrected chi connectivity index (χ4v) is 0.824. The molecule has 4 heteroatoms. The Kier molecular flexibility index (Phi) is 2.08. The molecule has 0 radical (unpaired) electrons. The highest BCUT2D eigenvalue weighted by Crippen LogP contribution is 2.11. The van der Waals surface area contributed by atoms with Crippen LogP contribution in [0, 0.1) is 0 Å². The zero-order chi connectivity index (χ0) is 8.27. The van der Waals surface area contributed by atoms with E-state index in [0.29, 0.717) is 5.69 Å². The van der Waals surface area contributed by atoms with Crippen molar-refractivity contribution < 1.29 is 15.7 Å². The average molecular weight is 153 g/mol. The normalized spacial score (nSPS) is 9.18. The Morgan fingerprint density at radius 3 is 2.55 bits per heavy atom. The van der Waals surface area contributed by atoms with E-state index in [9.17, 15) is 4.79 Å². The minimum atomic E-state index is -0.947. The van der Waals surface area contributed by atoms with Crippen molar-refractivity contribution in [3.8, 4) is 0 Å². The molecule has 0 aliphatic heterocycles. The fraction of sp³-hybridized carbons (Fsp3) is 0. The summed E-state index contributed by atoms with van der Waals surface area (Å²) >= 11 is 0. The number of carbonyl (C=O) groups is 1. The molecule has 0 aromatic heterocycles. The van der Waals surface area contributed by atoms with Gasteiger partial charge in [-0.05, 0) is 12.1 Å². The van der Waals surface area contributed by atoms with Gasteiger partial charge >= 0.3 is 5.97 Å². The van der Waals surface area contributed by atoms with Crippen LogP contribution >= 0.6 is 0 Å². The Morgan fingerprint density at radius 1 is 1.45 bits per heavy atom. The highest BCUT2D eigenvalue weighted by atomic mass is 16.4. The Balaban J connectivity index is 3.12. The number of benzene rings is 1. The standard InChI is InChI=1S/C7H8N2O2/c8-9-6-4-2-1-3-5(6)7(10)11/h1-4,9H,8H2,(H,10,11)/p+1. The molecule has 0 saturated heterocycles. The molecular weight excluding hydrogens is 144 g/mol. The Labute approximate surface area is 63.6 Å². The molecule has 58 valence electrons. The van der Waals surface area contributed by atoms with Crippen LogP contribution in [-0.2, 0) is 0 Å². The van der Waals surface area contributed by atoms with E-state index in [1.54, 1.807) is 18.2 Å². The summed E-state index contributed by atoms with van der Waals surface area (Å²) in [6.45, 7) is 0. The van der Waals surface area contributed by atoms with Crippen LogP contribution in [0.5, 0.6) is 0 Å². The number of nitrogens with one attached hydrogen (secondary N) is 1. The van der Waals surface area contributed by atoms with Crippen molar-refractivity contribution in [2.45, 2.75) is 0 Å². The first-order chi connectivity index (χ1) is 5.25. The zero-order valence-corrected chi connectivity index (χ0v) is 5.87. The van der Waals surface area contributed by atoms with Crippen molar-refractivity contribution in [1.29, 1.82) is 0 Å². The smallest absolute Gasteiger partial charge is 0.338 e. The highest BCUT2D eigenvalue weighted by Gasteiger charge is 2.07. The fourth-order valence-electron chi connectivity index (χ4n) is 0.824. The third-order valence-electron chi connectivity index (χ3n) is 1.35. The second-order valence-electron chi connectivity index (χ2n) is 2.03. The lowest BCUT2D eigenvalue weighted by Crippen LogP contribution is -2.56. The van der Waals surface area contributed by atoms with E-state index in [1.165, 1.54) is 6.07 Å². The summed E-state index contributed by atoms with van der Waals surface area (Å²) in [6.07, 6.45) is 0. The van der Waals surface area contributed by atoms with Gasteiger partial charge in [0.25, 0.3) is 0 Å². The maximum atomic E-state index is 10.5. The number of rotatable bonds is 2. The summed E-state index contributed by atoms with van der Waals surface area (Å²) in [5, 5.41) is 8.63. The molecule has 0 aliphatic rings. The van der Waals surface area contributed by atoms with Crippen molar-refractivity contribution in [3.63, 3.8) is 0 Å². The van der Waals surface area contributed by atoms with Gasteiger partial charge in [0, 0.05) is 0 Å². The monoisotopic (exact) mass is 153 g/mol. The van der Waals surface area contributed by atoms with Gasteiger partial charge in [-0.15, -0.1) is 0 Å². The summed E-state index contributed by atoms with van der Waals surface area (Å²) in [7, 11) is 0. The number of hydrogen-bond acceptors (Lipinski definition) is 2. The van der Waals surface area contributed by atoms with Crippen LogP contribution in [0.3, 0.4) is 0 Å². The third-order valence-corrected chi connectivity index (χ3v) is 1.35. The van der Waals surface area contributed by atoms with Crippen molar-refractivity contribution >= 4 is 11.7 Å². The average Bonchev–Trinajstić information content (AvgIpc) is 2.04. The van der Waals surface area contributed by atoms with Gasteiger partial charge in [-0.25, -0.2) is 10.2 Å². The van der Waals surface area contributed by atoms with Crippen molar-refractivity contribution in [3.05, 3.63) is 29.8 Å². The number of para-hydroxylation sites is 1. The van der Waals surface area contributed by atoms with Crippen LogP contribution < -0.4 is 11.3 Å². The second kappa shape index (κ2) is 3.03. The van der Waals surface area contributed by atoms with Gasteiger partial charge in [0.2, 0.25) is 0 Å². The van der Waals surface area contributed by atoms with E-state index >= 15 is 0 Å². The van der Waals surface area contributed by atoms with Gasteiger partial charge in [0.1, 0.15) is 0 Å². The van der Waals surface area contributed by atoms with Gasteiger partial charge in [-0.3, -0.25) is 5.84 Å². The summed E-state index contributed by atoms with van der Waals surface area (Å²) in [5.41, 5.74) is 3.31. The predicted octanol–water partition coefficient (Wildman–Crippen LogP) is -0.0464. The molecule has 11 heavy (non-hydrogen) atoms. The van der Waals surface area contributed by atoms with Crippen LogP contribution in [0.1, 0.15) is 10.4 Å². The lowest BCUT2D eigenvalue weighted by molar-refractivity contribution is -0.325. The minimum Gasteiger partial charge on any atom is -0.478 e. The molecule has 0 aliphatic carbocycles. The van der Waals surface area contributed by atoms with Gasteiger partial charge < -0.3 is 5.11 Å². The van der Waals surface area contributed by atoms with Gasteiger partial charge in [0.05, 0.1) is 11.3 Å². The maximum absolute atomic E-state index is 10.5. The van der Waals surface area contributed by atoms with Crippen LogP contribution in [0.4, 0.5) is 5.69 Å². The number of anilines is 1. The lowest BCUT2D eigenvalue weighted by Gasteiger charge is -2.00. The van der Waals surface area contributed by atoms with Crippen molar-refractivity contribution in [1.82, 2.24) is 0 Å². The first kappa shape index (κ1) is 7.56. The number of aromatic carboxylic acids is 1. The van der Waals surface area contributed by atoms with Crippen molar-refractivity contribution in [2.75, 3.05) is 5.43 Å². The highest BCUT2D eigenvalue weighted by molar-refractivity contribution is 5.93.